The Bertz CT molecular complexity index is 645. The number of rotatable bonds is 6. The Morgan fingerprint density at radius 1 is 1.43 bits per heavy atom. The molecule has 0 bridgehead atoms. The van der Waals surface area contributed by atoms with Crippen LogP contribution in [0.2, 0.25) is 0 Å². The lowest BCUT2D eigenvalue weighted by Crippen LogP contribution is -2.45. The molecular formula is C12H15BrN2O5S. The molecule has 116 valence electrons. The summed E-state index contributed by atoms with van der Waals surface area (Å²) in [6.45, 7) is -0.381. The number of benzene rings is 1. The first-order valence-corrected chi connectivity index (χ1v) is 8.68. The molecule has 1 aliphatic rings. The van der Waals surface area contributed by atoms with E-state index in [1.54, 1.807) is 0 Å². The summed E-state index contributed by atoms with van der Waals surface area (Å²) in [7, 11) is -4.02. The van der Waals surface area contributed by atoms with Crippen LogP contribution in [0.25, 0.3) is 0 Å². The van der Waals surface area contributed by atoms with Gasteiger partial charge in [0.15, 0.2) is 4.90 Å². The van der Waals surface area contributed by atoms with Crippen molar-refractivity contribution in [1.82, 2.24) is 4.31 Å². The Balaban J connectivity index is 2.50. The van der Waals surface area contributed by atoms with E-state index >= 15 is 0 Å². The van der Waals surface area contributed by atoms with Gasteiger partial charge in [0.05, 0.1) is 11.5 Å². The van der Waals surface area contributed by atoms with E-state index in [1.165, 1.54) is 16.4 Å². The zero-order chi connectivity index (χ0) is 15.6. The van der Waals surface area contributed by atoms with Crippen molar-refractivity contribution < 1.29 is 18.4 Å². The molecule has 0 aliphatic heterocycles. The summed E-state index contributed by atoms with van der Waals surface area (Å²) in [4.78, 5) is 10.0. The highest BCUT2D eigenvalue weighted by molar-refractivity contribution is 9.10. The molecule has 0 amide bonds. The van der Waals surface area contributed by atoms with Crippen LogP contribution in [0.5, 0.6) is 0 Å². The third kappa shape index (κ3) is 3.25. The summed E-state index contributed by atoms with van der Waals surface area (Å²) in [5.41, 5.74) is -0.458. The SMILES string of the molecule is O=[N+]([O-])c1ccc(Br)cc1S(=O)(=O)N(CCO)C1CCC1. The average molecular weight is 379 g/mol. The summed E-state index contributed by atoms with van der Waals surface area (Å²) in [5, 5.41) is 20.2. The maximum Gasteiger partial charge on any atom is 0.289 e. The Kier molecular flexibility index (Phi) is 4.97. The molecule has 7 nitrogen and oxygen atoms in total. The van der Waals surface area contributed by atoms with Gasteiger partial charge in [0.25, 0.3) is 5.69 Å². The van der Waals surface area contributed by atoms with Crippen LogP contribution in [0.1, 0.15) is 19.3 Å². The van der Waals surface area contributed by atoms with Crippen molar-refractivity contribution >= 4 is 31.6 Å². The van der Waals surface area contributed by atoms with Crippen LogP contribution in [0, 0.1) is 10.1 Å². The topological polar surface area (TPSA) is 101 Å². The predicted molar refractivity (Wildman–Crippen MR) is 79.4 cm³/mol. The molecule has 0 radical (unpaired) electrons. The van der Waals surface area contributed by atoms with Gasteiger partial charge in [-0.1, -0.05) is 22.4 Å². The second kappa shape index (κ2) is 6.39. The maximum atomic E-state index is 12.7. The minimum atomic E-state index is -4.02. The lowest BCUT2D eigenvalue weighted by Gasteiger charge is -2.36. The first-order chi connectivity index (χ1) is 9.87. The number of sulfonamides is 1. The molecule has 1 N–H and O–H groups in total. The largest absolute Gasteiger partial charge is 0.395 e. The van der Waals surface area contributed by atoms with Gasteiger partial charge in [0, 0.05) is 23.1 Å². The zero-order valence-corrected chi connectivity index (χ0v) is 13.5. The Labute approximate surface area is 130 Å². The minimum absolute atomic E-state index is 0.0589. The number of nitro benzene ring substituents is 1. The van der Waals surface area contributed by atoms with Gasteiger partial charge in [0.2, 0.25) is 10.0 Å². The molecule has 1 aliphatic carbocycles. The van der Waals surface area contributed by atoms with E-state index in [2.05, 4.69) is 15.9 Å². The van der Waals surface area contributed by atoms with E-state index in [9.17, 15) is 18.5 Å². The molecular weight excluding hydrogens is 364 g/mol. The summed E-state index contributed by atoms with van der Waals surface area (Å²) >= 11 is 3.14. The normalized spacial score (nSPS) is 16.0. The quantitative estimate of drug-likeness (QED) is 0.601. The Morgan fingerprint density at radius 3 is 2.57 bits per heavy atom. The van der Waals surface area contributed by atoms with Crippen molar-refractivity contribution in [3.8, 4) is 0 Å². The summed E-state index contributed by atoms with van der Waals surface area (Å²) in [6, 6.07) is 3.63. The molecule has 0 unspecified atom stereocenters. The summed E-state index contributed by atoms with van der Waals surface area (Å²) in [5.74, 6) is 0. The molecule has 1 aromatic carbocycles. The van der Waals surface area contributed by atoms with Crippen LogP contribution in [-0.2, 0) is 10.0 Å². The first kappa shape index (κ1) is 16.3. The van der Waals surface area contributed by atoms with E-state index in [0.29, 0.717) is 17.3 Å². The van der Waals surface area contributed by atoms with Crippen LogP contribution in [0.15, 0.2) is 27.6 Å². The minimum Gasteiger partial charge on any atom is -0.395 e. The third-order valence-electron chi connectivity index (χ3n) is 3.51. The standard InChI is InChI=1S/C12H15BrN2O5S/c13-9-4-5-11(15(17)18)12(8-9)21(19,20)14(6-7-16)10-2-1-3-10/h4-5,8,10,16H,1-3,6-7H2. The molecule has 0 saturated heterocycles. The molecule has 0 aromatic heterocycles. The number of hydrogen-bond acceptors (Lipinski definition) is 5. The van der Waals surface area contributed by atoms with Crippen molar-refractivity contribution in [3.05, 3.63) is 32.8 Å². The smallest absolute Gasteiger partial charge is 0.289 e. The average Bonchev–Trinajstić information content (AvgIpc) is 2.35. The first-order valence-electron chi connectivity index (χ1n) is 6.44. The lowest BCUT2D eigenvalue weighted by atomic mass is 9.93. The highest BCUT2D eigenvalue weighted by Gasteiger charge is 2.38. The number of nitrogens with zero attached hydrogens (tertiary/aromatic N) is 2. The molecule has 9 heteroatoms. The fourth-order valence-corrected chi connectivity index (χ4v) is 4.62. The van der Waals surface area contributed by atoms with Crippen LogP contribution in [0.3, 0.4) is 0 Å². The van der Waals surface area contributed by atoms with Gasteiger partial charge >= 0.3 is 0 Å². The van der Waals surface area contributed by atoms with Crippen LogP contribution < -0.4 is 0 Å². The Morgan fingerprint density at radius 2 is 2.10 bits per heavy atom. The van der Waals surface area contributed by atoms with E-state index in [1.807, 2.05) is 0 Å². The van der Waals surface area contributed by atoms with Gasteiger partial charge in [0.1, 0.15) is 0 Å². The second-order valence-corrected chi connectivity index (χ2v) is 7.57. The fraction of sp³-hybridized carbons (Fsp3) is 0.500. The molecule has 0 heterocycles. The van der Waals surface area contributed by atoms with Crippen LogP contribution in [0.4, 0.5) is 5.69 Å². The van der Waals surface area contributed by atoms with Crippen molar-refractivity contribution in [3.63, 3.8) is 0 Å². The second-order valence-electron chi connectivity index (χ2n) is 4.79. The number of hydrogen-bond donors (Lipinski definition) is 1. The number of aliphatic hydroxyl groups is 1. The molecule has 0 atom stereocenters. The van der Waals surface area contributed by atoms with Crippen LogP contribution >= 0.6 is 15.9 Å². The lowest BCUT2D eigenvalue weighted by molar-refractivity contribution is -0.387. The molecule has 1 saturated carbocycles. The van der Waals surface area contributed by atoms with Gasteiger partial charge in [-0.15, -0.1) is 0 Å². The van der Waals surface area contributed by atoms with Crippen LogP contribution in [-0.4, -0.2) is 41.9 Å². The molecule has 21 heavy (non-hydrogen) atoms. The summed E-state index contributed by atoms with van der Waals surface area (Å²) in [6.07, 6.45) is 2.34. The van der Waals surface area contributed by atoms with Gasteiger partial charge in [-0.3, -0.25) is 10.1 Å². The monoisotopic (exact) mass is 378 g/mol. The number of aliphatic hydroxyl groups excluding tert-OH is 1. The number of nitro groups is 1. The summed E-state index contributed by atoms with van der Waals surface area (Å²) < 4.78 is 27.1. The highest BCUT2D eigenvalue weighted by atomic mass is 79.9. The van der Waals surface area contributed by atoms with Crippen molar-refractivity contribution in [2.45, 2.75) is 30.2 Å². The highest BCUT2D eigenvalue weighted by Crippen LogP contribution is 2.34. The van der Waals surface area contributed by atoms with Crippen molar-refractivity contribution in [2.75, 3.05) is 13.2 Å². The Hall–Kier alpha value is -1.03. The van der Waals surface area contributed by atoms with Gasteiger partial charge in [-0.2, -0.15) is 4.31 Å². The predicted octanol–water partition coefficient (Wildman–Crippen LogP) is 1.89. The molecule has 2 rings (SSSR count). The molecule has 1 fully saturated rings. The number of halogens is 1. The van der Waals surface area contributed by atoms with E-state index in [-0.39, 0.29) is 24.1 Å². The van der Waals surface area contributed by atoms with E-state index in [4.69, 9.17) is 5.11 Å². The fourth-order valence-electron chi connectivity index (χ4n) is 2.24. The molecule has 0 spiro atoms. The third-order valence-corrected chi connectivity index (χ3v) is 5.98. The van der Waals surface area contributed by atoms with Gasteiger partial charge in [-0.25, -0.2) is 8.42 Å². The van der Waals surface area contributed by atoms with Gasteiger partial charge in [-0.05, 0) is 25.0 Å². The zero-order valence-electron chi connectivity index (χ0n) is 11.1. The maximum absolute atomic E-state index is 12.7. The van der Waals surface area contributed by atoms with Crippen molar-refractivity contribution in [1.29, 1.82) is 0 Å². The molecule has 1 aromatic rings. The van der Waals surface area contributed by atoms with E-state index < -0.39 is 20.6 Å². The van der Waals surface area contributed by atoms with Crippen molar-refractivity contribution in [2.24, 2.45) is 0 Å². The van der Waals surface area contributed by atoms with Gasteiger partial charge < -0.3 is 5.11 Å². The van der Waals surface area contributed by atoms with E-state index in [0.717, 1.165) is 12.5 Å².